The second kappa shape index (κ2) is 7.05. The number of thiophene rings is 1. The van der Waals surface area contributed by atoms with Gasteiger partial charge in [0.25, 0.3) is 0 Å². The van der Waals surface area contributed by atoms with Gasteiger partial charge in [-0.2, -0.15) is 0 Å². The topological polar surface area (TPSA) is 12.0 Å². The molecular weight excluding hydrogens is 262 g/mol. The van der Waals surface area contributed by atoms with Gasteiger partial charge in [-0.05, 0) is 61.4 Å². The third-order valence-electron chi connectivity index (χ3n) is 3.77. The van der Waals surface area contributed by atoms with Crippen molar-refractivity contribution in [2.24, 2.45) is 0 Å². The Hall–Kier alpha value is -1.12. The Morgan fingerprint density at radius 1 is 1.15 bits per heavy atom. The van der Waals surface area contributed by atoms with Crippen molar-refractivity contribution in [1.82, 2.24) is 5.32 Å². The summed E-state index contributed by atoms with van der Waals surface area (Å²) in [7, 11) is 0. The summed E-state index contributed by atoms with van der Waals surface area (Å²) in [4.78, 5) is 1.48. The van der Waals surface area contributed by atoms with Crippen LogP contribution in [0.25, 0.3) is 0 Å². The first kappa shape index (κ1) is 15.3. The maximum Gasteiger partial charge on any atom is 0.0676 e. The molecule has 0 amide bonds. The lowest BCUT2D eigenvalue weighted by molar-refractivity contribution is 0.600. The van der Waals surface area contributed by atoms with Crippen LogP contribution in [0, 0.1) is 13.8 Å². The molecule has 0 bridgehead atoms. The van der Waals surface area contributed by atoms with Crippen LogP contribution in [0.4, 0.5) is 0 Å². The second-order valence-electron chi connectivity index (χ2n) is 5.41. The Labute approximate surface area is 127 Å². The lowest BCUT2D eigenvalue weighted by atomic mass is 9.95. The van der Waals surface area contributed by atoms with E-state index in [0.717, 1.165) is 19.4 Å². The third-order valence-corrected chi connectivity index (χ3v) is 4.79. The van der Waals surface area contributed by atoms with E-state index in [4.69, 9.17) is 0 Å². The van der Waals surface area contributed by atoms with E-state index < -0.39 is 0 Å². The van der Waals surface area contributed by atoms with Gasteiger partial charge in [0.15, 0.2) is 0 Å². The maximum absolute atomic E-state index is 3.74. The highest BCUT2D eigenvalue weighted by atomic mass is 32.1. The van der Waals surface area contributed by atoms with Gasteiger partial charge in [-0.3, -0.25) is 0 Å². The van der Waals surface area contributed by atoms with Gasteiger partial charge in [-0.1, -0.05) is 37.6 Å². The zero-order valence-corrected chi connectivity index (χ0v) is 13.8. The number of rotatable bonds is 6. The molecule has 0 aliphatic heterocycles. The van der Waals surface area contributed by atoms with Gasteiger partial charge in [0, 0.05) is 4.88 Å². The van der Waals surface area contributed by atoms with E-state index in [-0.39, 0.29) is 0 Å². The summed E-state index contributed by atoms with van der Waals surface area (Å²) in [6, 6.07) is 9.38. The van der Waals surface area contributed by atoms with Gasteiger partial charge in [-0.25, -0.2) is 0 Å². The number of nitrogens with one attached hydrogen (secondary N) is 1. The molecule has 0 spiro atoms. The van der Waals surface area contributed by atoms with Crippen molar-refractivity contribution >= 4 is 11.3 Å². The Bertz CT molecular complexity index is 556. The van der Waals surface area contributed by atoms with Crippen LogP contribution >= 0.6 is 11.3 Å². The highest BCUT2D eigenvalue weighted by Gasteiger charge is 2.19. The summed E-state index contributed by atoms with van der Waals surface area (Å²) >= 11 is 1.88. The molecule has 1 aromatic carbocycles. The standard InChI is InChI=1S/C18H25NS/c1-5-10-19-17(18-15(6-2)9-11-20-18)16-12-13(3)7-8-14(16)4/h7-9,11-12,17,19H,5-6,10H2,1-4H3. The molecule has 0 aliphatic rings. The van der Waals surface area contributed by atoms with Crippen molar-refractivity contribution in [3.63, 3.8) is 0 Å². The highest BCUT2D eigenvalue weighted by molar-refractivity contribution is 7.10. The minimum Gasteiger partial charge on any atom is -0.306 e. The van der Waals surface area contributed by atoms with Gasteiger partial charge < -0.3 is 5.32 Å². The van der Waals surface area contributed by atoms with E-state index in [2.05, 4.69) is 62.7 Å². The first-order valence-corrected chi connectivity index (χ1v) is 8.42. The van der Waals surface area contributed by atoms with Gasteiger partial charge >= 0.3 is 0 Å². The SMILES string of the molecule is CCCNC(c1cc(C)ccc1C)c1sccc1CC. The molecule has 1 aromatic heterocycles. The summed E-state index contributed by atoms with van der Waals surface area (Å²) in [6.45, 7) is 9.91. The molecule has 1 heterocycles. The molecule has 2 heteroatoms. The highest BCUT2D eigenvalue weighted by Crippen LogP contribution is 2.32. The molecule has 1 nitrogen and oxygen atoms in total. The summed E-state index contributed by atoms with van der Waals surface area (Å²) in [5.41, 5.74) is 5.61. The lowest BCUT2D eigenvalue weighted by Gasteiger charge is -2.22. The molecule has 20 heavy (non-hydrogen) atoms. The fraction of sp³-hybridized carbons (Fsp3) is 0.444. The van der Waals surface area contributed by atoms with E-state index in [0.29, 0.717) is 6.04 Å². The Kier molecular flexibility index (Phi) is 5.38. The zero-order chi connectivity index (χ0) is 14.5. The molecular formula is C18H25NS. The van der Waals surface area contributed by atoms with Crippen molar-refractivity contribution in [3.8, 4) is 0 Å². The van der Waals surface area contributed by atoms with Crippen molar-refractivity contribution in [3.05, 3.63) is 56.8 Å². The summed E-state index contributed by atoms with van der Waals surface area (Å²) < 4.78 is 0. The largest absolute Gasteiger partial charge is 0.306 e. The van der Waals surface area contributed by atoms with Gasteiger partial charge in [0.05, 0.1) is 6.04 Å². The minimum atomic E-state index is 0.338. The molecule has 1 N–H and O–H groups in total. The quantitative estimate of drug-likeness (QED) is 0.787. The van der Waals surface area contributed by atoms with Crippen LogP contribution in [0.1, 0.15) is 53.4 Å². The van der Waals surface area contributed by atoms with Gasteiger partial charge in [0.1, 0.15) is 0 Å². The van der Waals surface area contributed by atoms with E-state index >= 15 is 0 Å². The molecule has 1 unspecified atom stereocenters. The monoisotopic (exact) mass is 287 g/mol. The van der Waals surface area contributed by atoms with Crippen LogP contribution in [-0.2, 0) is 6.42 Å². The number of aryl methyl sites for hydroxylation is 3. The molecule has 0 radical (unpaired) electrons. The van der Waals surface area contributed by atoms with Crippen molar-refractivity contribution in [2.75, 3.05) is 6.54 Å². The van der Waals surface area contributed by atoms with Crippen LogP contribution in [-0.4, -0.2) is 6.54 Å². The van der Waals surface area contributed by atoms with Crippen LogP contribution in [0.5, 0.6) is 0 Å². The van der Waals surface area contributed by atoms with Crippen LogP contribution < -0.4 is 5.32 Å². The molecule has 1 atom stereocenters. The molecule has 0 aliphatic carbocycles. The normalized spacial score (nSPS) is 12.6. The molecule has 2 rings (SSSR count). The fourth-order valence-electron chi connectivity index (χ4n) is 2.60. The minimum absolute atomic E-state index is 0.338. The molecule has 2 aromatic rings. The van der Waals surface area contributed by atoms with Crippen LogP contribution in [0.3, 0.4) is 0 Å². The van der Waals surface area contributed by atoms with Crippen molar-refractivity contribution < 1.29 is 0 Å². The Morgan fingerprint density at radius 3 is 2.65 bits per heavy atom. The lowest BCUT2D eigenvalue weighted by Crippen LogP contribution is -2.24. The zero-order valence-electron chi connectivity index (χ0n) is 13.0. The van der Waals surface area contributed by atoms with Gasteiger partial charge in [0.2, 0.25) is 0 Å². The van der Waals surface area contributed by atoms with Crippen molar-refractivity contribution in [1.29, 1.82) is 0 Å². The van der Waals surface area contributed by atoms with Crippen LogP contribution in [0.2, 0.25) is 0 Å². The molecule has 0 fully saturated rings. The predicted octanol–water partition coefficient (Wildman–Crippen LogP) is 5.02. The summed E-state index contributed by atoms with van der Waals surface area (Å²) in [5, 5.41) is 5.96. The maximum atomic E-state index is 3.74. The molecule has 0 saturated carbocycles. The summed E-state index contributed by atoms with van der Waals surface area (Å²) in [5.74, 6) is 0. The van der Waals surface area contributed by atoms with E-state index in [9.17, 15) is 0 Å². The van der Waals surface area contributed by atoms with E-state index in [1.165, 1.54) is 27.1 Å². The Balaban J connectivity index is 2.44. The number of benzene rings is 1. The van der Waals surface area contributed by atoms with Crippen LogP contribution in [0.15, 0.2) is 29.6 Å². The first-order chi connectivity index (χ1) is 9.67. The average Bonchev–Trinajstić information content (AvgIpc) is 2.91. The van der Waals surface area contributed by atoms with Crippen molar-refractivity contribution in [2.45, 2.75) is 46.6 Å². The van der Waals surface area contributed by atoms with E-state index in [1.807, 2.05) is 11.3 Å². The second-order valence-corrected chi connectivity index (χ2v) is 6.36. The molecule has 108 valence electrons. The smallest absolute Gasteiger partial charge is 0.0676 e. The summed E-state index contributed by atoms with van der Waals surface area (Å²) in [6.07, 6.45) is 2.27. The Morgan fingerprint density at radius 2 is 1.95 bits per heavy atom. The molecule has 0 saturated heterocycles. The fourth-order valence-corrected chi connectivity index (χ4v) is 3.69. The first-order valence-electron chi connectivity index (χ1n) is 7.54. The number of hydrogen-bond donors (Lipinski definition) is 1. The predicted molar refractivity (Wildman–Crippen MR) is 89.7 cm³/mol. The van der Waals surface area contributed by atoms with Gasteiger partial charge in [-0.15, -0.1) is 11.3 Å². The number of hydrogen-bond acceptors (Lipinski definition) is 2. The third kappa shape index (κ3) is 3.31. The average molecular weight is 287 g/mol. The van der Waals surface area contributed by atoms with E-state index in [1.54, 1.807) is 0 Å².